The van der Waals surface area contributed by atoms with Crippen molar-refractivity contribution >= 4 is 60.0 Å². The van der Waals surface area contributed by atoms with Crippen LogP contribution in [0.1, 0.15) is 51.9 Å². The fraction of sp³-hybridized carbons (Fsp3) is 0.407. The SMILES string of the molecule is CCC(O)CNC(=O)/C(C#N)=C(\C)c1ccc(-c2ccc3cc(NCCN4CCOCC4)ccc3c2)n1C.CCC(O)CNS(=O)(=O)/C(C#N)=C(\C)c1ccc(-c2ccc3cc(NCCN4CCOCC4)ccc3c2)n1C. The van der Waals surface area contributed by atoms with Crippen molar-refractivity contribution in [3.05, 3.63) is 119 Å². The van der Waals surface area contributed by atoms with E-state index in [0.29, 0.717) is 29.7 Å². The molecule has 0 bridgehead atoms. The summed E-state index contributed by atoms with van der Waals surface area (Å²) in [7, 11) is -0.267. The number of sulfonamides is 1. The molecule has 2 fully saturated rings. The highest BCUT2D eigenvalue weighted by Gasteiger charge is 2.24. The molecule has 2 aliphatic rings. The number of morpholine rings is 2. The Kier molecular flexibility index (Phi) is 20.6. The number of nitriles is 2. The van der Waals surface area contributed by atoms with Crippen molar-refractivity contribution < 1.29 is 32.9 Å². The second-order valence-corrected chi connectivity index (χ2v) is 21.2. The van der Waals surface area contributed by atoms with Crippen molar-refractivity contribution in [2.24, 2.45) is 14.1 Å². The highest BCUT2D eigenvalue weighted by Crippen LogP contribution is 2.32. The summed E-state index contributed by atoms with van der Waals surface area (Å²) in [6.07, 6.45) is -0.496. The first kappa shape index (κ1) is 57.9. The van der Waals surface area contributed by atoms with E-state index < -0.39 is 28.1 Å². The molecule has 0 aliphatic carbocycles. The van der Waals surface area contributed by atoms with Gasteiger partial charge in [0.2, 0.25) is 0 Å². The maximum Gasteiger partial charge on any atom is 0.262 e. The number of aliphatic hydroxyl groups excluding tert-OH is 2. The van der Waals surface area contributed by atoms with E-state index in [-0.39, 0.29) is 23.6 Å². The van der Waals surface area contributed by atoms with Crippen LogP contribution in [0.4, 0.5) is 11.4 Å². The van der Waals surface area contributed by atoms with Crippen LogP contribution in [-0.4, -0.2) is 148 Å². The van der Waals surface area contributed by atoms with Crippen molar-refractivity contribution in [3.8, 4) is 34.7 Å². The average Bonchev–Trinajstić information content (AvgIpc) is 4.04. The van der Waals surface area contributed by atoms with E-state index >= 15 is 0 Å². The fourth-order valence-corrected chi connectivity index (χ4v) is 10.7. The zero-order valence-electron chi connectivity index (χ0n) is 45.2. The topological polar surface area (TPSA) is 222 Å². The normalized spacial score (nSPS) is 15.8. The molecule has 2 atom stereocenters. The number of fused-ring (bicyclic) bond motifs is 2. The summed E-state index contributed by atoms with van der Waals surface area (Å²) in [5.74, 6) is -0.472. The molecule has 4 aromatic carbocycles. The summed E-state index contributed by atoms with van der Waals surface area (Å²) < 4.78 is 42.6. The van der Waals surface area contributed by atoms with Gasteiger partial charge < -0.3 is 44.8 Å². The van der Waals surface area contributed by atoms with E-state index in [2.05, 4.69) is 97.2 Å². The van der Waals surface area contributed by atoms with Crippen LogP contribution in [0.25, 0.3) is 55.2 Å². The van der Waals surface area contributed by atoms with Crippen molar-refractivity contribution in [2.75, 3.05) is 103 Å². The third kappa shape index (κ3) is 15.0. The second kappa shape index (κ2) is 27.5. The van der Waals surface area contributed by atoms with Crippen LogP contribution in [0.15, 0.2) is 108 Å². The second-order valence-electron chi connectivity index (χ2n) is 19.5. The van der Waals surface area contributed by atoms with Gasteiger partial charge in [0.05, 0.1) is 38.6 Å². The third-order valence-corrected chi connectivity index (χ3v) is 15.9. The van der Waals surface area contributed by atoms with Crippen LogP contribution in [0, 0.1) is 22.7 Å². The predicted molar refractivity (Wildman–Crippen MR) is 307 cm³/mol. The summed E-state index contributed by atoms with van der Waals surface area (Å²) in [6, 6.07) is 37.0. The number of carbonyl (C=O) groups is 1. The first-order valence-electron chi connectivity index (χ1n) is 26.5. The van der Waals surface area contributed by atoms with Crippen LogP contribution < -0.4 is 20.7 Å². The molecule has 0 saturated carbocycles. The summed E-state index contributed by atoms with van der Waals surface area (Å²) in [5.41, 5.74) is 8.54. The largest absolute Gasteiger partial charge is 0.392 e. The molecule has 408 valence electrons. The van der Waals surface area contributed by atoms with Gasteiger partial charge in [0.15, 0.2) is 4.91 Å². The van der Waals surface area contributed by atoms with Gasteiger partial charge in [-0.3, -0.25) is 14.6 Å². The number of rotatable bonds is 21. The van der Waals surface area contributed by atoms with E-state index in [4.69, 9.17) is 9.47 Å². The Balaban J connectivity index is 0.000000224. The minimum absolute atomic E-state index is 0.0493. The van der Waals surface area contributed by atoms with Gasteiger partial charge in [-0.2, -0.15) is 10.5 Å². The fourth-order valence-electron chi connectivity index (χ4n) is 9.51. The summed E-state index contributed by atoms with van der Waals surface area (Å²) in [5, 5.41) is 53.1. The standard InChI is InChI=1S/C30H37N5O3.C29H37N5O4S/c1-4-26(36)20-33-30(37)27(19-31)21(2)28-9-10-29(34(28)3)24-6-5-23-18-25(8-7-22(23)17-24)32-11-12-35-13-15-38-16-14-35;1-4-26(35)20-32-39(36,37)29(19-30)21(2)27-9-10-28(33(27)3)24-6-5-23-18-25(8-7-22(23)17-24)31-11-12-34-13-15-38-16-14-34/h5-10,17-18,26,32,36H,4,11-16,20H2,1-3H3,(H,33,37);5-10,17-18,26,31-32,35H,4,11-16,20H2,1-3H3/b27-21+;29-21+. The number of amides is 1. The number of hydrogen-bond donors (Lipinski definition) is 6. The predicted octanol–water partition coefficient (Wildman–Crippen LogP) is 7.31. The van der Waals surface area contributed by atoms with Crippen LogP contribution >= 0.6 is 0 Å². The Bertz CT molecular complexity index is 3260. The number of anilines is 2. The number of nitrogens with one attached hydrogen (secondary N) is 4. The van der Waals surface area contributed by atoms with Crippen LogP contribution in [0.5, 0.6) is 0 Å². The van der Waals surface area contributed by atoms with Crippen molar-refractivity contribution in [1.29, 1.82) is 10.5 Å². The van der Waals surface area contributed by atoms with Gasteiger partial charge in [-0.15, -0.1) is 0 Å². The molecule has 8 rings (SSSR count). The van der Waals surface area contributed by atoms with Crippen LogP contribution in [-0.2, 0) is 38.4 Å². The number of carbonyl (C=O) groups excluding carboxylic acids is 1. The van der Waals surface area contributed by atoms with Gasteiger partial charge in [0.25, 0.3) is 15.9 Å². The number of nitrogens with zero attached hydrogens (tertiary/aromatic N) is 6. The average molecular weight is 1070 g/mol. The number of aliphatic hydroxyl groups is 2. The van der Waals surface area contributed by atoms with Gasteiger partial charge >= 0.3 is 0 Å². The lowest BCUT2D eigenvalue weighted by atomic mass is 10.0. The molecule has 4 heterocycles. The highest BCUT2D eigenvalue weighted by molar-refractivity contribution is 7.93. The molecular weight excluding hydrogens is 993 g/mol. The Labute approximate surface area is 453 Å². The molecule has 2 aliphatic heterocycles. The van der Waals surface area contributed by atoms with E-state index in [1.165, 1.54) is 0 Å². The monoisotopic (exact) mass is 1070 g/mol. The van der Waals surface area contributed by atoms with E-state index in [9.17, 15) is 33.9 Å². The molecule has 6 aromatic rings. The van der Waals surface area contributed by atoms with Crippen molar-refractivity contribution in [2.45, 2.75) is 52.7 Å². The van der Waals surface area contributed by atoms with Gasteiger partial charge in [-0.1, -0.05) is 50.2 Å². The molecule has 17 nitrogen and oxygen atoms in total. The number of ether oxygens (including phenoxy) is 2. The summed E-state index contributed by atoms with van der Waals surface area (Å²) in [4.78, 5) is 17.1. The Morgan fingerprint density at radius 3 is 1.52 bits per heavy atom. The van der Waals surface area contributed by atoms with Crippen molar-refractivity contribution in [3.63, 3.8) is 0 Å². The maximum atomic E-state index is 12.8. The maximum absolute atomic E-state index is 12.8. The van der Waals surface area contributed by atoms with Crippen LogP contribution in [0.2, 0.25) is 0 Å². The lowest BCUT2D eigenvalue weighted by Crippen LogP contribution is -2.38. The number of allylic oxidation sites excluding steroid dienone is 3. The minimum atomic E-state index is -4.06. The number of hydrogen-bond acceptors (Lipinski definition) is 13. The zero-order valence-corrected chi connectivity index (χ0v) is 46.0. The Morgan fingerprint density at radius 2 is 1.06 bits per heavy atom. The molecule has 77 heavy (non-hydrogen) atoms. The van der Waals surface area contributed by atoms with E-state index in [1.807, 2.05) is 72.6 Å². The molecule has 2 aromatic heterocycles. The lowest BCUT2D eigenvalue weighted by molar-refractivity contribution is -0.117. The first-order chi connectivity index (χ1) is 37.1. The number of benzene rings is 4. The van der Waals surface area contributed by atoms with Gasteiger partial charge in [0, 0.05) is 119 Å². The zero-order chi connectivity index (χ0) is 55.1. The number of aromatic nitrogens is 2. The van der Waals surface area contributed by atoms with Crippen molar-refractivity contribution in [1.82, 2.24) is 29.0 Å². The molecule has 2 unspecified atom stereocenters. The first-order valence-corrected chi connectivity index (χ1v) is 28.0. The molecule has 0 spiro atoms. The molecule has 2 saturated heterocycles. The molecule has 1 amide bonds. The van der Waals surface area contributed by atoms with E-state index in [1.54, 1.807) is 20.8 Å². The third-order valence-electron chi connectivity index (χ3n) is 14.4. The summed E-state index contributed by atoms with van der Waals surface area (Å²) >= 11 is 0. The van der Waals surface area contributed by atoms with Gasteiger partial charge in [0.1, 0.15) is 17.7 Å². The molecular formula is C59H74N10O7S. The Hall–Kier alpha value is -6.84. The van der Waals surface area contributed by atoms with Gasteiger partial charge in [-0.05, 0) is 126 Å². The lowest BCUT2D eigenvalue weighted by Gasteiger charge is -2.26. The quantitative estimate of drug-likeness (QED) is 0.0308. The van der Waals surface area contributed by atoms with Crippen LogP contribution in [0.3, 0.4) is 0 Å². The molecule has 6 N–H and O–H groups in total. The summed E-state index contributed by atoms with van der Waals surface area (Å²) in [6.45, 7) is 17.9. The molecule has 0 radical (unpaired) electrons. The smallest absolute Gasteiger partial charge is 0.262 e. The molecule has 18 heteroatoms. The highest BCUT2D eigenvalue weighted by atomic mass is 32.2. The Morgan fingerprint density at radius 1 is 0.623 bits per heavy atom. The van der Waals surface area contributed by atoms with Gasteiger partial charge in [-0.25, -0.2) is 13.1 Å². The minimum Gasteiger partial charge on any atom is -0.392 e. The van der Waals surface area contributed by atoms with E-state index in [0.717, 1.165) is 140 Å².